The van der Waals surface area contributed by atoms with Crippen LogP contribution in [0.3, 0.4) is 0 Å². The van der Waals surface area contributed by atoms with Gasteiger partial charge in [0, 0.05) is 16.5 Å². The van der Waals surface area contributed by atoms with E-state index in [1.165, 1.54) is 0 Å². The van der Waals surface area contributed by atoms with Gasteiger partial charge in [0.05, 0.1) is 11.1 Å². The molecule has 114 valence electrons. The van der Waals surface area contributed by atoms with Gasteiger partial charge in [0.25, 0.3) is 0 Å². The van der Waals surface area contributed by atoms with Gasteiger partial charge in [-0.25, -0.2) is 9.78 Å². The number of para-hydroxylation sites is 1. The summed E-state index contributed by atoms with van der Waals surface area (Å²) in [5.74, 6) is -0.480. The standard InChI is InChI=1S/C18H12ClNO3/c19-17-15(9-14-3-1-2-4-16(14)20-17)11-23-18(22)13-7-5-12(10-21)6-8-13/h1-10H,11H2. The van der Waals surface area contributed by atoms with Crippen molar-refractivity contribution in [3.05, 3.63) is 76.4 Å². The van der Waals surface area contributed by atoms with Gasteiger partial charge in [0.2, 0.25) is 0 Å². The maximum absolute atomic E-state index is 12.0. The Labute approximate surface area is 137 Å². The number of fused-ring (bicyclic) bond motifs is 1. The van der Waals surface area contributed by atoms with Crippen molar-refractivity contribution in [2.75, 3.05) is 0 Å². The Hall–Kier alpha value is -2.72. The van der Waals surface area contributed by atoms with Crippen molar-refractivity contribution >= 4 is 34.8 Å². The van der Waals surface area contributed by atoms with Crippen LogP contribution in [0, 0.1) is 0 Å². The van der Waals surface area contributed by atoms with Crippen molar-refractivity contribution in [1.29, 1.82) is 0 Å². The maximum Gasteiger partial charge on any atom is 0.338 e. The number of pyridine rings is 1. The molecule has 0 amide bonds. The molecule has 0 fully saturated rings. The first-order valence-corrected chi connectivity index (χ1v) is 7.32. The molecule has 23 heavy (non-hydrogen) atoms. The van der Waals surface area contributed by atoms with E-state index in [4.69, 9.17) is 16.3 Å². The molecule has 2 aromatic carbocycles. The molecule has 3 aromatic rings. The first-order valence-electron chi connectivity index (χ1n) is 6.94. The number of ether oxygens (including phenoxy) is 1. The minimum atomic E-state index is -0.480. The number of aldehydes is 1. The molecule has 0 radical (unpaired) electrons. The van der Waals surface area contributed by atoms with Crippen molar-refractivity contribution in [2.45, 2.75) is 6.61 Å². The van der Waals surface area contributed by atoms with Crippen LogP contribution >= 0.6 is 11.6 Å². The van der Waals surface area contributed by atoms with Gasteiger partial charge in [0.1, 0.15) is 18.0 Å². The summed E-state index contributed by atoms with van der Waals surface area (Å²) in [7, 11) is 0. The second-order valence-electron chi connectivity index (χ2n) is 4.95. The Morgan fingerprint density at radius 1 is 1.13 bits per heavy atom. The zero-order valence-corrected chi connectivity index (χ0v) is 12.8. The molecule has 0 bridgehead atoms. The smallest absolute Gasteiger partial charge is 0.338 e. The predicted octanol–water partition coefficient (Wildman–Crippen LogP) is 4.06. The summed E-state index contributed by atoms with van der Waals surface area (Å²) in [5.41, 5.74) is 2.31. The Balaban J connectivity index is 1.75. The first kappa shape index (κ1) is 15.2. The van der Waals surface area contributed by atoms with Crippen molar-refractivity contribution < 1.29 is 14.3 Å². The SMILES string of the molecule is O=Cc1ccc(C(=O)OCc2cc3ccccc3nc2Cl)cc1. The molecule has 1 aromatic heterocycles. The molecule has 3 rings (SSSR count). The van der Waals surface area contributed by atoms with Crippen molar-refractivity contribution in [3.8, 4) is 0 Å². The number of hydrogen-bond donors (Lipinski definition) is 0. The van der Waals surface area contributed by atoms with E-state index in [2.05, 4.69) is 4.98 Å². The van der Waals surface area contributed by atoms with Gasteiger partial charge in [-0.1, -0.05) is 41.9 Å². The summed E-state index contributed by atoms with van der Waals surface area (Å²) < 4.78 is 5.27. The number of rotatable bonds is 4. The molecule has 0 aliphatic carbocycles. The van der Waals surface area contributed by atoms with Crippen LogP contribution in [0.15, 0.2) is 54.6 Å². The molecule has 0 saturated heterocycles. The number of carbonyl (C=O) groups is 2. The molecule has 0 aliphatic rings. The topological polar surface area (TPSA) is 56.3 Å². The van der Waals surface area contributed by atoms with Crippen LogP contribution in [0.5, 0.6) is 0 Å². The molecular weight excluding hydrogens is 314 g/mol. The van der Waals surface area contributed by atoms with Crippen molar-refractivity contribution in [2.24, 2.45) is 0 Å². The predicted molar refractivity (Wildman–Crippen MR) is 87.7 cm³/mol. The monoisotopic (exact) mass is 325 g/mol. The fourth-order valence-electron chi connectivity index (χ4n) is 2.16. The second-order valence-corrected chi connectivity index (χ2v) is 5.31. The van der Waals surface area contributed by atoms with Gasteiger partial charge in [-0.3, -0.25) is 4.79 Å². The van der Waals surface area contributed by atoms with E-state index < -0.39 is 5.97 Å². The lowest BCUT2D eigenvalue weighted by Crippen LogP contribution is -2.06. The number of benzene rings is 2. The maximum atomic E-state index is 12.0. The molecule has 5 heteroatoms. The van der Waals surface area contributed by atoms with E-state index in [0.717, 1.165) is 17.2 Å². The van der Waals surface area contributed by atoms with Crippen LogP contribution in [0.4, 0.5) is 0 Å². The fourth-order valence-corrected chi connectivity index (χ4v) is 2.36. The van der Waals surface area contributed by atoms with Gasteiger partial charge in [-0.05, 0) is 24.3 Å². The molecule has 0 saturated carbocycles. The van der Waals surface area contributed by atoms with Crippen molar-refractivity contribution in [1.82, 2.24) is 4.98 Å². The average Bonchev–Trinajstić information content (AvgIpc) is 2.59. The Kier molecular flexibility index (Phi) is 4.35. The van der Waals surface area contributed by atoms with Crippen molar-refractivity contribution in [3.63, 3.8) is 0 Å². The number of nitrogens with zero attached hydrogens (tertiary/aromatic N) is 1. The third kappa shape index (κ3) is 3.38. The number of hydrogen-bond acceptors (Lipinski definition) is 4. The van der Waals surface area contributed by atoms with Crippen LogP contribution in [0.1, 0.15) is 26.3 Å². The van der Waals surface area contributed by atoms with Gasteiger partial charge >= 0.3 is 5.97 Å². The Bertz CT molecular complexity index is 875. The summed E-state index contributed by atoms with van der Waals surface area (Å²) in [4.78, 5) is 26.9. The van der Waals surface area contributed by atoms with Gasteiger partial charge in [-0.15, -0.1) is 0 Å². The van der Waals surface area contributed by atoms with E-state index in [1.54, 1.807) is 24.3 Å². The zero-order valence-electron chi connectivity index (χ0n) is 12.0. The number of aromatic nitrogens is 1. The van der Waals surface area contributed by atoms with Gasteiger partial charge in [0.15, 0.2) is 0 Å². The minimum absolute atomic E-state index is 0.0327. The lowest BCUT2D eigenvalue weighted by atomic mass is 10.1. The molecule has 4 nitrogen and oxygen atoms in total. The number of carbonyl (C=O) groups excluding carboxylic acids is 2. The molecule has 0 unspecified atom stereocenters. The summed E-state index contributed by atoms with van der Waals surface area (Å²) in [6.45, 7) is 0.0327. The second kappa shape index (κ2) is 6.58. The quantitative estimate of drug-likeness (QED) is 0.412. The van der Waals surface area contributed by atoms with Gasteiger partial charge in [-0.2, -0.15) is 0 Å². The Morgan fingerprint density at radius 2 is 1.87 bits per heavy atom. The first-order chi connectivity index (χ1) is 11.2. The van der Waals surface area contributed by atoms with E-state index in [1.807, 2.05) is 30.3 Å². The summed E-state index contributed by atoms with van der Waals surface area (Å²) in [6.07, 6.45) is 0.718. The largest absolute Gasteiger partial charge is 0.457 e. The lowest BCUT2D eigenvalue weighted by molar-refractivity contribution is 0.0472. The highest BCUT2D eigenvalue weighted by Crippen LogP contribution is 2.21. The zero-order chi connectivity index (χ0) is 16.2. The Morgan fingerprint density at radius 3 is 2.61 bits per heavy atom. The molecule has 1 heterocycles. The normalized spacial score (nSPS) is 10.5. The average molecular weight is 326 g/mol. The molecule has 0 aliphatic heterocycles. The highest BCUT2D eigenvalue weighted by Gasteiger charge is 2.10. The minimum Gasteiger partial charge on any atom is -0.457 e. The molecule has 0 N–H and O–H groups in total. The van der Waals surface area contributed by atoms with Crippen LogP contribution in [-0.2, 0) is 11.3 Å². The fraction of sp³-hybridized carbons (Fsp3) is 0.0556. The van der Waals surface area contributed by atoms with Crippen LogP contribution in [-0.4, -0.2) is 17.2 Å². The van der Waals surface area contributed by atoms with E-state index in [-0.39, 0.29) is 6.61 Å². The van der Waals surface area contributed by atoms with E-state index in [9.17, 15) is 9.59 Å². The molecule has 0 spiro atoms. The third-order valence-electron chi connectivity index (χ3n) is 3.39. The summed E-state index contributed by atoms with van der Waals surface area (Å²) >= 11 is 6.13. The molecular formula is C18H12ClNO3. The molecule has 0 atom stereocenters. The summed E-state index contributed by atoms with van der Waals surface area (Å²) in [6, 6.07) is 15.7. The van der Waals surface area contributed by atoms with Crippen LogP contribution < -0.4 is 0 Å². The number of halogens is 1. The highest BCUT2D eigenvalue weighted by molar-refractivity contribution is 6.30. The third-order valence-corrected chi connectivity index (χ3v) is 3.72. The van der Waals surface area contributed by atoms with Crippen LogP contribution in [0.2, 0.25) is 5.15 Å². The van der Waals surface area contributed by atoms with E-state index in [0.29, 0.717) is 21.8 Å². The van der Waals surface area contributed by atoms with Gasteiger partial charge < -0.3 is 4.74 Å². The lowest BCUT2D eigenvalue weighted by Gasteiger charge is -2.08. The number of esters is 1. The summed E-state index contributed by atoms with van der Waals surface area (Å²) in [5, 5.41) is 1.24. The van der Waals surface area contributed by atoms with Crippen LogP contribution in [0.25, 0.3) is 10.9 Å². The van der Waals surface area contributed by atoms with E-state index >= 15 is 0 Å². The highest BCUT2D eigenvalue weighted by atomic mass is 35.5.